The van der Waals surface area contributed by atoms with Gasteiger partial charge in [-0.2, -0.15) is 0 Å². The average Bonchev–Trinajstić information content (AvgIpc) is 2.41. The van der Waals surface area contributed by atoms with E-state index in [2.05, 4.69) is 21.2 Å². The van der Waals surface area contributed by atoms with Gasteiger partial charge in [0.25, 0.3) is 0 Å². The summed E-state index contributed by atoms with van der Waals surface area (Å²) >= 11 is 3.34. The summed E-state index contributed by atoms with van der Waals surface area (Å²) in [5, 5.41) is 12.8. The van der Waals surface area contributed by atoms with Crippen LogP contribution >= 0.6 is 15.9 Å². The number of aliphatic hydroxyl groups excluding tert-OH is 1. The molecule has 1 aromatic rings. The van der Waals surface area contributed by atoms with Crippen LogP contribution in [0.4, 0.5) is 10.1 Å². The molecule has 0 heterocycles. The molecule has 0 radical (unpaired) electrons. The van der Waals surface area contributed by atoms with Gasteiger partial charge >= 0.3 is 0 Å². The maximum absolute atomic E-state index is 13.6. The molecule has 1 fully saturated rings. The molecule has 0 saturated heterocycles. The van der Waals surface area contributed by atoms with Crippen LogP contribution in [-0.4, -0.2) is 18.3 Å². The molecule has 2 nitrogen and oxygen atoms in total. The van der Waals surface area contributed by atoms with Crippen LogP contribution in [0.5, 0.6) is 0 Å². The van der Waals surface area contributed by atoms with Gasteiger partial charge in [0.05, 0.1) is 12.3 Å². The molecule has 18 heavy (non-hydrogen) atoms. The molecule has 0 atom stereocenters. The van der Waals surface area contributed by atoms with Crippen molar-refractivity contribution in [3.63, 3.8) is 0 Å². The van der Waals surface area contributed by atoms with Crippen LogP contribution in [0.25, 0.3) is 0 Å². The first-order valence-electron chi connectivity index (χ1n) is 6.45. The summed E-state index contributed by atoms with van der Waals surface area (Å²) in [4.78, 5) is 0. The standard InChI is InChI=1S/C14H19BrFNO/c15-11-4-5-12(16)13(8-11)17-9-14(10-18)6-2-1-3-7-14/h4-5,8,17-18H,1-3,6-7,9-10H2. The summed E-state index contributed by atoms with van der Waals surface area (Å²) in [6.45, 7) is 0.812. The van der Waals surface area contributed by atoms with Crippen molar-refractivity contribution < 1.29 is 9.50 Å². The van der Waals surface area contributed by atoms with Crippen molar-refractivity contribution in [2.75, 3.05) is 18.5 Å². The third-order valence-electron chi connectivity index (χ3n) is 3.83. The maximum atomic E-state index is 13.6. The van der Waals surface area contributed by atoms with Gasteiger partial charge in [-0.15, -0.1) is 0 Å². The van der Waals surface area contributed by atoms with Gasteiger partial charge < -0.3 is 10.4 Å². The quantitative estimate of drug-likeness (QED) is 0.882. The highest BCUT2D eigenvalue weighted by Gasteiger charge is 2.31. The third kappa shape index (κ3) is 3.23. The van der Waals surface area contributed by atoms with E-state index < -0.39 is 0 Å². The Morgan fingerprint density at radius 1 is 1.28 bits per heavy atom. The zero-order chi connectivity index (χ0) is 13.0. The Labute approximate surface area is 116 Å². The smallest absolute Gasteiger partial charge is 0.146 e. The first-order chi connectivity index (χ1) is 8.65. The Balaban J connectivity index is 2.03. The van der Waals surface area contributed by atoms with Crippen LogP contribution in [0.2, 0.25) is 0 Å². The molecule has 0 aliphatic heterocycles. The predicted octanol–water partition coefficient (Wildman–Crippen LogP) is 3.94. The van der Waals surface area contributed by atoms with Crippen molar-refractivity contribution in [1.82, 2.24) is 0 Å². The van der Waals surface area contributed by atoms with E-state index in [1.165, 1.54) is 12.5 Å². The second-order valence-corrected chi connectivity index (χ2v) is 6.11. The Morgan fingerprint density at radius 3 is 2.67 bits per heavy atom. The van der Waals surface area contributed by atoms with Crippen molar-refractivity contribution in [1.29, 1.82) is 0 Å². The lowest BCUT2D eigenvalue weighted by Gasteiger charge is -2.36. The number of hydrogen-bond donors (Lipinski definition) is 2. The van der Waals surface area contributed by atoms with Gasteiger partial charge in [-0.05, 0) is 31.0 Å². The van der Waals surface area contributed by atoms with E-state index in [1.807, 2.05) is 0 Å². The minimum Gasteiger partial charge on any atom is -0.396 e. The molecule has 0 amide bonds. The largest absolute Gasteiger partial charge is 0.396 e. The van der Waals surface area contributed by atoms with Crippen molar-refractivity contribution in [3.05, 3.63) is 28.5 Å². The van der Waals surface area contributed by atoms with E-state index in [0.717, 1.165) is 30.2 Å². The van der Waals surface area contributed by atoms with Crippen molar-refractivity contribution in [2.45, 2.75) is 32.1 Å². The molecule has 2 rings (SSSR count). The second kappa shape index (κ2) is 6.02. The van der Waals surface area contributed by atoms with Crippen LogP contribution in [0.3, 0.4) is 0 Å². The summed E-state index contributed by atoms with van der Waals surface area (Å²) in [6, 6.07) is 4.87. The number of nitrogens with one attached hydrogen (secondary N) is 1. The minimum absolute atomic E-state index is 0.0764. The van der Waals surface area contributed by atoms with Crippen LogP contribution in [-0.2, 0) is 0 Å². The molecule has 1 aliphatic rings. The first kappa shape index (κ1) is 13.8. The highest BCUT2D eigenvalue weighted by atomic mass is 79.9. The summed E-state index contributed by atoms with van der Waals surface area (Å²) in [7, 11) is 0. The highest BCUT2D eigenvalue weighted by molar-refractivity contribution is 9.10. The number of hydrogen-bond acceptors (Lipinski definition) is 2. The summed E-state index contributed by atoms with van der Waals surface area (Å²) in [5.41, 5.74) is 0.426. The summed E-state index contributed by atoms with van der Waals surface area (Å²) < 4.78 is 14.5. The van der Waals surface area contributed by atoms with Gasteiger partial charge in [0, 0.05) is 16.4 Å². The predicted molar refractivity (Wildman–Crippen MR) is 75.2 cm³/mol. The Hall–Kier alpha value is -0.610. The van der Waals surface area contributed by atoms with E-state index >= 15 is 0 Å². The molecular formula is C14H19BrFNO. The van der Waals surface area contributed by atoms with Crippen molar-refractivity contribution in [3.8, 4) is 0 Å². The minimum atomic E-state index is -0.248. The first-order valence-corrected chi connectivity index (χ1v) is 7.24. The number of rotatable bonds is 4. The molecule has 1 saturated carbocycles. The van der Waals surface area contributed by atoms with Crippen LogP contribution < -0.4 is 5.32 Å². The average molecular weight is 316 g/mol. The topological polar surface area (TPSA) is 32.3 Å². The Kier molecular flexibility index (Phi) is 4.62. The highest BCUT2D eigenvalue weighted by Crippen LogP contribution is 2.36. The van der Waals surface area contributed by atoms with E-state index in [9.17, 15) is 9.50 Å². The summed E-state index contributed by atoms with van der Waals surface area (Å²) in [5.74, 6) is -0.248. The number of halogens is 2. The number of aliphatic hydroxyl groups is 1. The van der Waals surface area contributed by atoms with Crippen molar-refractivity contribution in [2.24, 2.45) is 5.41 Å². The van der Waals surface area contributed by atoms with Gasteiger partial charge in [0.2, 0.25) is 0 Å². The number of anilines is 1. The molecule has 100 valence electrons. The van der Waals surface area contributed by atoms with Gasteiger partial charge in [-0.1, -0.05) is 35.2 Å². The van der Waals surface area contributed by atoms with E-state index in [0.29, 0.717) is 12.2 Å². The molecule has 0 bridgehead atoms. The van der Waals surface area contributed by atoms with Crippen molar-refractivity contribution >= 4 is 21.6 Å². The molecule has 0 aromatic heterocycles. The van der Waals surface area contributed by atoms with Gasteiger partial charge in [0.15, 0.2) is 0 Å². The molecular weight excluding hydrogens is 297 g/mol. The summed E-state index contributed by atoms with van der Waals surface area (Å²) in [6.07, 6.45) is 5.59. The van der Waals surface area contributed by atoms with Crippen LogP contribution in [0.15, 0.2) is 22.7 Å². The fourth-order valence-corrected chi connectivity index (χ4v) is 2.97. The zero-order valence-electron chi connectivity index (χ0n) is 10.4. The normalized spacial score (nSPS) is 18.6. The lowest BCUT2D eigenvalue weighted by Crippen LogP contribution is -2.35. The fraction of sp³-hybridized carbons (Fsp3) is 0.571. The molecule has 1 aliphatic carbocycles. The van der Waals surface area contributed by atoms with Gasteiger partial charge in [-0.3, -0.25) is 0 Å². The van der Waals surface area contributed by atoms with E-state index in [-0.39, 0.29) is 17.8 Å². The molecule has 0 spiro atoms. The fourth-order valence-electron chi connectivity index (χ4n) is 2.61. The van der Waals surface area contributed by atoms with E-state index in [1.54, 1.807) is 12.1 Å². The lowest BCUT2D eigenvalue weighted by molar-refractivity contribution is 0.0943. The third-order valence-corrected chi connectivity index (χ3v) is 4.33. The monoisotopic (exact) mass is 315 g/mol. The van der Waals surface area contributed by atoms with E-state index in [4.69, 9.17) is 0 Å². The zero-order valence-corrected chi connectivity index (χ0v) is 12.0. The Morgan fingerprint density at radius 2 is 2.00 bits per heavy atom. The molecule has 0 unspecified atom stereocenters. The molecule has 1 aromatic carbocycles. The van der Waals surface area contributed by atoms with Gasteiger partial charge in [-0.25, -0.2) is 4.39 Å². The Bertz CT molecular complexity index is 405. The lowest BCUT2D eigenvalue weighted by atomic mass is 9.74. The SMILES string of the molecule is OCC1(CNc2cc(Br)ccc2F)CCCCC1. The van der Waals surface area contributed by atoms with Gasteiger partial charge in [0.1, 0.15) is 5.82 Å². The molecule has 2 N–H and O–H groups in total. The maximum Gasteiger partial charge on any atom is 0.146 e. The second-order valence-electron chi connectivity index (χ2n) is 5.20. The number of benzene rings is 1. The van der Waals surface area contributed by atoms with Crippen LogP contribution in [0, 0.1) is 11.2 Å². The molecule has 4 heteroatoms. The van der Waals surface area contributed by atoms with Crippen LogP contribution in [0.1, 0.15) is 32.1 Å².